The zero-order chi connectivity index (χ0) is 25.4. The Kier molecular flexibility index (Phi) is 6.00. The van der Waals surface area contributed by atoms with Gasteiger partial charge < -0.3 is 15.1 Å². The molecule has 0 bridgehead atoms. The Morgan fingerprint density at radius 2 is 1.67 bits per heavy atom. The van der Waals surface area contributed by atoms with Crippen LogP contribution >= 0.6 is 0 Å². The van der Waals surface area contributed by atoms with Crippen molar-refractivity contribution in [1.82, 2.24) is 24.2 Å². The fraction of sp³-hybridized carbons (Fsp3) is 0.333. The number of carbonyl (C=O) groups excluding carboxylic acids is 1. The number of nitro benzene ring substituents is 1. The van der Waals surface area contributed by atoms with Crippen LogP contribution in [0.1, 0.15) is 13.8 Å². The number of hydrogen-bond donors (Lipinski definition) is 1. The molecule has 0 spiro atoms. The largest absolute Gasteiger partial charge is 0.351 e. The highest BCUT2D eigenvalue weighted by Gasteiger charge is 2.24. The van der Waals surface area contributed by atoms with E-state index in [9.17, 15) is 19.7 Å². The second kappa shape index (κ2) is 9.29. The molecule has 0 unspecified atom stereocenters. The first-order chi connectivity index (χ1) is 17.4. The zero-order valence-electron chi connectivity index (χ0n) is 20.0. The van der Waals surface area contributed by atoms with E-state index in [0.29, 0.717) is 45.0 Å². The van der Waals surface area contributed by atoms with Gasteiger partial charge in [-0.15, -0.1) is 5.10 Å². The molecule has 1 saturated heterocycles. The van der Waals surface area contributed by atoms with Gasteiger partial charge in [-0.05, 0) is 38.1 Å². The third kappa shape index (κ3) is 4.00. The number of nitrogens with zero attached hydrogens (tertiary/aromatic N) is 7. The van der Waals surface area contributed by atoms with Crippen LogP contribution in [0.3, 0.4) is 0 Å². The second-order valence-electron chi connectivity index (χ2n) is 8.58. The standard InChI is InChI=1S/C24H26N8O4/c1-3-30-20-13-16-15-25-27-22(19(16)14-21(20)31(4-2)24(30)34)28-9-11-29(12-10-28)23(33)26-17-5-7-18(8-6-17)32(35)36/h5-8,13-15H,3-4,9-12H2,1-2H3,(H,26,33). The van der Waals surface area contributed by atoms with Crippen LogP contribution in [0.15, 0.2) is 47.4 Å². The smallest absolute Gasteiger partial charge is 0.329 e. The molecule has 36 heavy (non-hydrogen) atoms. The highest BCUT2D eigenvalue weighted by Crippen LogP contribution is 2.29. The lowest BCUT2D eigenvalue weighted by molar-refractivity contribution is -0.384. The summed E-state index contributed by atoms with van der Waals surface area (Å²) in [4.78, 5) is 39.7. The number of fused-ring (bicyclic) bond motifs is 2. The number of rotatable bonds is 5. The Morgan fingerprint density at radius 3 is 2.28 bits per heavy atom. The van der Waals surface area contributed by atoms with Gasteiger partial charge in [-0.1, -0.05) is 0 Å². The summed E-state index contributed by atoms with van der Waals surface area (Å²) in [5.41, 5.74) is 2.19. The van der Waals surface area contributed by atoms with E-state index in [1.54, 1.807) is 20.2 Å². The molecular weight excluding hydrogens is 464 g/mol. The van der Waals surface area contributed by atoms with E-state index in [1.807, 2.05) is 26.0 Å². The summed E-state index contributed by atoms with van der Waals surface area (Å²) in [5.74, 6) is 0.726. The molecule has 2 aromatic carbocycles. The minimum atomic E-state index is -0.479. The van der Waals surface area contributed by atoms with Gasteiger partial charge in [-0.25, -0.2) is 9.59 Å². The third-order valence-corrected chi connectivity index (χ3v) is 6.61. The van der Waals surface area contributed by atoms with Gasteiger partial charge in [0.05, 0.1) is 22.2 Å². The predicted octanol–water partition coefficient (Wildman–Crippen LogP) is 3.05. The molecule has 1 fully saturated rings. The molecule has 4 aromatic rings. The first-order valence-corrected chi connectivity index (χ1v) is 11.8. The van der Waals surface area contributed by atoms with Crippen molar-refractivity contribution >= 4 is 45.0 Å². The number of aromatic nitrogens is 4. The maximum atomic E-state index is 12.8. The van der Waals surface area contributed by atoms with Crippen molar-refractivity contribution in [2.75, 3.05) is 36.4 Å². The average molecular weight is 491 g/mol. The van der Waals surface area contributed by atoms with Crippen molar-refractivity contribution in [1.29, 1.82) is 0 Å². The van der Waals surface area contributed by atoms with Crippen molar-refractivity contribution in [3.05, 3.63) is 63.2 Å². The molecule has 12 heteroatoms. The van der Waals surface area contributed by atoms with Crippen molar-refractivity contribution in [3.63, 3.8) is 0 Å². The molecule has 0 aliphatic carbocycles. The summed E-state index contributed by atoms with van der Waals surface area (Å²) in [6.07, 6.45) is 1.71. The number of carbonyl (C=O) groups is 1. The van der Waals surface area contributed by atoms with E-state index in [1.165, 1.54) is 24.3 Å². The number of benzene rings is 2. The molecule has 1 aliphatic heterocycles. The fourth-order valence-electron chi connectivity index (χ4n) is 4.71. The van der Waals surface area contributed by atoms with Gasteiger partial charge in [0.1, 0.15) is 0 Å². The molecule has 5 rings (SSSR count). The van der Waals surface area contributed by atoms with Crippen molar-refractivity contribution in [3.8, 4) is 0 Å². The van der Waals surface area contributed by atoms with Crippen LogP contribution in [0.2, 0.25) is 0 Å². The lowest BCUT2D eigenvalue weighted by Crippen LogP contribution is -2.50. The van der Waals surface area contributed by atoms with Crippen LogP contribution in [-0.2, 0) is 13.1 Å². The first-order valence-electron chi connectivity index (χ1n) is 11.8. The molecule has 186 valence electrons. The third-order valence-electron chi connectivity index (χ3n) is 6.61. The zero-order valence-corrected chi connectivity index (χ0v) is 20.0. The van der Waals surface area contributed by atoms with Crippen LogP contribution in [0.5, 0.6) is 0 Å². The quantitative estimate of drug-likeness (QED) is 0.336. The number of urea groups is 1. The Morgan fingerprint density at radius 1 is 1.03 bits per heavy atom. The molecule has 3 heterocycles. The van der Waals surface area contributed by atoms with Crippen molar-refractivity contribution in [2.24, 2.45) is 0 Å². The number of hydrogen-bond acceptors (Lipinski definition) is 7. The Balaban J connectivity index is 1.35. The van der Waals surface area contributed by atoms with Gasteiger partial charge in [-0.2, -0.15) is 5.10 Å². The van der Waals surface area contributed by atoms with Gasteiger partial charge in [0.15, 0.2) is 5.82 Å². The summed E-state index contributed by atoms with van der Waals surface area (Å²) >= 11 is 0. The number of aryl methyl sites for hydroxylation is 2. The Labute approximate surface area is 205 Å². The van der Waals surface area contributed by atoms with Crippen LogP contribution in [-0.4, -0.2) is 61.4 Å². The average Bonchev–Trinajstić information content (AvgIpc) is 3.16. The minimum absolute atomic E-state index is 0.0274. The number of amides is 2. The van der Waals surface area contributed by atoms with E-state index in [2.05, 4.69) is 20.4 Å². The first kappa shape index (κ1) is 23.3. The van der Waals surface area contributed by atoms with E-state index in [0.717, 1.165) is 27.6 Å². The maximum absolute atomic E-state index is 12.8. The van der Waals surface area contributed by atoms with Crippen molar-refractivity contribution < 1.29 is 9.72 Å². The van der Waals surface area contributed by atoms with Crippen molar-refractivity contribution in [2.45, 2.75) is 26.9 Å². The van der Waals surface area contributed by atoms with Crippen LogP contribution in [0, 0.1) is 10.1 Å². The van der Waals surface area contributed by atoms with Crippen LogP contribution in [0.25, 0.3) is 21.8 Å². The normalized spacial score (nSPS) is 13.9. The number of non-ortho nitro benzene ring substituents is 1. The lowest BCUT2D eigenvalue weighted by Gasteiger charge is -2.35. The lowest BCUT2D eigenvalue weighted by atomic mass is 10.1. The topological polar surface area (TPSA) is 131 Å². The maximum Gasteiger partial charge on any atom is 0.329 e. The number of piperazine rings is 1. The summed E-state index contributed by atoms with van der Waals surface area (Å²) in [6, 6.07) is 9.49. The summed E-state index contributed by atoms with van der Waals surface area (Å²) in [5, 5.41) is 24.0. The van der Waals surface area contributed by atoms with Gasteiger partial charge in [0, 0.05) is 67.9 Å². The number of nitrogens with one attached hydrogen (secondary N) is 1. The van der Waals surface area contributed by atoms with Gasteiger partial charge in [0.2, 0.25) is 0 Å². The van der Waals surface area contributed by atoms with E-state index in [-0.39, 0.29) is 17.4 Å². The summed E-state index contributed by atoms with van der Waals surface area (Å²) in [7, 11) is 0. The monoisotopic (exact) mass is 490 g/mol. The molecule has 0 radical (unpaired) electrons. The van der Waals surface area contributed by atoms with E-state index >= 15 is 0 Å². The Hall–Kier alpha value is -4.48. The number of anilines is 2. The minimum Gasteiger partial charge on any atom is -0.351 e. The molecule has 2 aromatic heterocycles. The molecule has 12 nitrogen and oxygen atoms in total. The molecule has 0 saturated carbocycles. The second-order valence-corrected chi connectivity index (χ2v) is 8.58. The summed E-state index contributed by atoms with van der Waals surface area (Å²) in [6.45, 7) is 7.16. The fourth-order valence-corrected chi connectivity index (χ4v) is 4.71. The van der Waals surface area contributed by atoms with E-state index < -0.39 is 4.92 Å². The highest BCUT2D eigenvalue weighted by atomic mass is 16.6. The number of imidazole rings is 1. The van der Waals surface area contributed by atoms with Crippen LogP contribution in [0.4, 0.5) is 22.0 Å². The predicted molar refractivity (Wildman–Crippen MR) is 137 cm³/mol. The molecule has 1 N–H and O–H groups in total. The molecular formula is C24H26N8O4. The van der Waals surface area contributed by atoms with Crippen LogP contribution < -0.4 is 15.9 Å². The van der Waals surface area contributed by atoms with Gasteiger partial charge in [-0.3, -0.25) is 19.2 Å². The summed E-state index contributed by atoms with van der Waals surface area (Å²) < 4.78 is 3.53. The van der Waals surface area contributed by atoms with Gasteiger partial charge in [0.25, 0.3) is 5.69 Å². The van der Waals surface area contributed by atoms with Gasteiger partial charge >= 0.3 is 11.7 Å². The molecule has 2 amide bonds. The number of nitro groups is 1. The highest BCUT2D eigenvalue weighted by molar-refractivity contribution is 6.00. The molecule has 1 aliphatic rings. The Bertz CT molecular complexity index is 1520. The van der Waals surface area contributed by atoms with E-state index in [4.69, 9.17) is 0 Å². The SMILES string of the molecule is CCn1c(=O)n(CC)c2cc3c(N4CCN(C(=O)Nc5ccc([N+](=O)[O-])cc5)CC4)nncc3cc21. The molecule has 0 atom stereocenters.